The average Bonchev–Trinajstić information content (AvgIpc) is 2.63. The molecule has 0 radical (unpaired) electrons. The summed E-state index contributed by atoms with van der Waals surface area (Å²) >= 11 is 6.34. The molecule has 1 aromatic carbocycles. The number of nitrogens with two attached hydrogens (primary N) is 1. The van der Waals surface area contributed by atoms with Crippen LogP contribution in [0.1, 0.15) is 31.2 Å². The number of rotatable bonds is 3. The molecule has 2 aliphatic rings. The lowest BCUT2D eigenvalue weighted by Crippen LogP contribution is -2.46. The highest BCUT2D eigenvalue weighted by molar-refractivity contribution is 6.31. The van der Waals surface area contributed by atoms with Crippen LogP contribution >= 0.6 is 11.6 Å². The van der Waals surface area contributed by atoms with Crippen molar-refractivity contribution in [1.82, 2.24) is 4.90 Å². The molecule has 2 unspecified atom stereocenters. The zero-order valence-electron chi connectivity index (χ0n) is 11.3. The number of piperidine rings is 1. The molecule has 19 heavy (non-hydrogen) atoms. The van der Waals surface area contributed by atoms with Gasteiger partial charge in [-0.15, -0.1) is 0 Å². The number of methoxy groups -OCH3 is 1. The van der Waals surface area contributed by atoms with Gasteiger partial charge in [0.15, 0.2) is 0 Å². The first kappa shape index (κ1) is 13.2. The summed E-state index contributed by atoms with van der Waals surface area (Å²) in [7, 11) is 1.70. The van der Waals surface area contributed by atoms with E-state index < -0.39 is 0 Å². The summed E-state index contributed by atoms with van der Waals surface area (Å²) in [4.78, 5) is 2.58. The molecule has 0 aliphatic carbocycles. The van der Waals surface area contributed by atoms with Crippen LogP contribution in [0.2, 0.25) is 5.02 Å². The van der Waals surface area contributed by atoms with E-state index in [0.717, 1.165) is 35.7 Å². The van der Waals surface area contributed by atoms with Crippen molar-refractivity contribution in [3.05, 3.63) is 28.8 Å². The minimum Gasteiger partial charge on any atom is -0.496 e. The smallest absolute Gasteiger partial charge is 0.124 e. The van der Waals surface area contributed by atoms with Crippen LogP contribution in [0.15, 0.2) is 18.2 Å². The van der Waals surface area contributed by atoms with E-state index in [1.165, 1.54) is 12.8 Å². The SMILES string of the molecule is COc1cccc(Cl)c1CN1C2CCC1CC(N)C2. The third-order valence-electron chi connectivity index (χ3n) is 4.56. The van der Waals surface area contributed by atoms with Gasteiger partial charge in [-0.1, -0.05) is 17.7 Å². The standard InChI is InChI=1S/C15H21ClN2O/c1-19-15-4-2-3-14(16)13(15)9-18-11-5-6-12(18)8-10(17)7-11/h2-4,10-12H,5-9,17H2,1H3. The van der Waals surface area contributed by atoms with E-state index in [2.05, 4.69) is 4.90 Å². The first-order chi connectivity index (χ1) is 9.19. The van der Waals surface area contributed by atoms with E-state index in [9.17, 15) is 0 Å². The second kappa shape index (κ2) is 5.31. The molecular formula is C15H21ClN2O. The number of ether oxygens (including phenoxy) is 1. The van der Waals surface area contributed by atoms with Crippen LogP contribution in [0.3, 0.4) is 0 Å². The van der Waals surface area contributed by atoms with E-state index >= 15 is 0 Å². The van der Waals surface area contributed by atoms with Gasteiger partial charge in [-0.2, -0.15) is 0 Å². The maximum atomic E-state index is 6.34. The fraction of sp³-hybridized carbons (Fsp3) is 0.600. The maximum absolute atomic E-state index is 6.34. The monoisotopic (exact) mass is 280 g/mol. The summed E-state index contributed by atoms with van der Waals surface area (Å²) in [6.07, 6.45) is 4.77. The summed E-state index contributed by atoms with van der Waals surface area (Å²) in [5.41, 5.74) is 7.23. The quantitative estimate of drug-likeness (QED) is 0.925. The summed E-state index contributed by atoms with van der Waals surface area (Å²) in [6.45, 7) is 0.880. The molecule has 0 aromatic heterocycles. The molecule has 2 bridgehead atoms. The van der Waals surface area contributed by atoms with Crippen molar-refractivity contribution >= 4 is 11.6 Å². The highest BCUT2D eigenvalue weighted by Gasteiger charge is 2.39. The van der Waals surface area contributed by atoms with Crippen LogP contribution in [0.4, 0.5) is 0 Å². The Morgan fingerprint density at radius 2 is 2.00 bits per heavy atom. The topological polar surface area (TPSA) is 38.5 Å². The molecular weight excluding hydrogens is 260 g/mol. The third kappa shape index (κ3) is 2.47. The van der Waals surface area contributed by atoms with Crippen LogP contribution < -0.4 is 10.5 Å². The Balaban J connectivity index is 1.83. The lowest BCUT2D eigenvalue weighted by molar-refractivity contribution is 0.119. The lowest BCUT2D eigenvalue weighted by Gasteiger charge is -2.38. The fourth-order valence-electron chi connectivity index (χ4n) is 3.64. The highest BCUT2D eigenvalue weighted by atomic mass is 35.5. The number of hydrogen-bond acceptors (Lipinski definition) is 3. The molecule has 1 aromatic rings. The van der Waals surface area contributed by atoms with Crippen molar-refractivity contribution in [2.45, 2.75) is 50.4 Å². The molecule has 104 valence electrons. The lowest BCUT2D eigenvalue weighted by atomic mass is 9.97. The average molecular weight is 281 g/mol. The number of nitrogens with zero attached hydrogens (tertiary/aromatic N) is 1. The second-order valence-corrected chi connectivity index (χ2v) is 6.12. The minimum atomic E-state index is 0.377. The normalized spacial score (nSPS) is 30.6. The Labute approximate surface area is 119 Å². The van der Waals surface area contributed by atoms with Gasteiger partial charge in [0.1, 0.15) is 5.75 Å². The van der Waals surface area contributed by atoms with E-state index in [1.54, 1.807) is 7.11 Å². The molecule has 4 heteroatoms. The molecule has 3 nitrogen and oxygen atoms in total. The number of hydrogen-bond donors (Lipinski definition) is 1. The molecule has 2 saturated heterocycles. The molecule has 2 atom stereocenters. The van der Waals surface area contributed by atoms with Crippen LogP contribution in [-0.4, -0.2) is 30.1 Å². The molecule has 2 fully saturated rings. The summed E-state index contributed by atoms with van der Waals surface area (Å²) in [6, 6.07) is 7.48. The van der Waals surface area contributed by atoms with Gasteiger partial charge in [-0.25, -0.2) is 0 Å². The van der Waals surface area contributed by atoms with E-state index in [-0.39, 0.29) is 0 Å². The Morgan fingerprint density at radius 3 is 2.63 bits per heavy atom. The van der Waals surface area contributed by atoms with Gasteiger partial charge in [-0.3, -0.25) is 4.90 Å². The Kier molecular flexibility index (Phi) is 3.70. The molecule has 3 rings (SSSR count). The van der Waals surface area contributed by atoms with Gasteiger partial charge in [0.25, 0.3) is 0 Å². The van der Waals surface area contributed by atoms with Crippen LogP contribution in [-0.2, 0) is 6.54 Å². The van der Waals surface area contributed by atoms with Crippen LogP contribution in [0.5, 0.6) is 5.75 Å². The van der Waals surface area contributed by atoms with E-state index in [4.69, 9.17) is 22.1 Å². The van der Waals surface area contributed by atoms with Crippen LogP contribution in [0, 0.1) is 0 Å². The van der Waals surface area contributed by atoms with Crippen molar-refractivity contribution in [3.63, 3.8) is 0 Å². The van der Waals surface area contributed by atoms with Gasteiger partial charge in [-0.05, 0) is 37.8 Å². The summed E-state index contributed by atoms with van der Waals surface area (Å²) in [5.74, 6) is 0.891. The Hall–Kier alpha value is -0.770. The molecule has 0 saturated carbocycles. The molecule has 2 heterocycles. The fourth-order valence-corrected chi connectivity index (χ4v) is 3.87. The zero-order chi connectivity index (χ0) is 13.4. The Bertz CT molecular complexity index is 451. The Morgan fingerprint density at radius 1 is 1.32 bits per heavy atom. The van der Waals surface area contributed by atoms with Crippen molar-refractivity contribution < 1.29 is 4.74 Å². The zero-order valence-corrected chi connectivity index (χ0v) is 12.1. The van der Waals surface area contributed by atoms with Crippen molar-refractivity contribution in [2.75, 3.05) is 7.11 Å². The third-order valence-corrected chi connectivity index (χ3v) is 4.91. The summed E-state index contributed by atoms with van der Waals surface area (Å²) in [5, 5.41) is 0.800. The first-order valence-electron chi connectivity index (χ1n) is 7.01. The molecule has 0 spiro atoms. The second-order valence-electron chi connectivity index (χ2n) is 5.71. The van der Waals surface area contributed by atoms with E-state index in [1.807, 2.05) is 18.2 Å². The molecule has 2 N–H and O–H groups in total. The van der Waals surface area contributed by atoms with Crippen molar-refractivity contribution in [3.8, 4) is 5.75 Å². The summed E-state index contributed by atoms with van der Waals surface area (Å²) < 4.78 is 5.44. The van der Waals surface area contributed by atoms with Gasteiger partial charge < -0.3 is 10.5 Å². The predicted octanol–water partition coefficient (Wildman–Crippen LogP) is 2.80. The first-order valence-corrected chi connectivity index (χ1v) is 7.39. The van der Waals surface area contributed by atoms with E-state index in [0.29, 0.717) is 18.1 Å². The van der Waals surface area contributed by atoms with Gasteiger partial charge >= 0.3 is 0 Å². The number of halogens is 1. The van der Waals surface area contributed by atoms with Gasteiger partial charge in [0, 0.05) is 35.3 Å². The number of benzene rings is 1. The largest absolute Gasteiger partial charge is 0.496 e. The van der Waals surface area contributed by atoms with Crippen molar-refractivity contribution in [2.24, 2.45) is 5.73 Å². The maximum Gasteiger partial charge on any atom is 0.124 e. The van der Waals surface area contributed by atoms with Gasteiger partial charge in [0.2, 0.25) is 0 Å². The van der Waals surface area contributed by atoms with Gasteiger partial charge in [0.05, 0.1) is 7.11 Å². The predicted molar refractivity (Wildman–Crippen MR) is 77.6 cm³/mol. The molecule has 0 amide bonds. The minimum absolute atomic E-state index is 0.377. The van der Waals surface area contributed by atoms with Crippen molar-refractivity contribution in [1.29, 1.82) is 0 Å². The highest BCUT2D eigenvalue weighted by Crippen LogP contribution is 2.38. The van der Waals surface area contributed by atoms with Crippen LogP contribution in [0.25, 0.3) is 0 Å². The number of fused-ring (bicyclic) bond motifs is 2. The molecule has 2 aliphatic heterocycles.